The van der Waals surface area contributed by atoms with Crippen LogP contribution in [0.5, 0.6) is 0 Å². The number of fused-ring (bicyclic) bond motifs is 1. The second kappa shape index (κ2) is 15.7. The molecular weight excluding hydrogens is 368 g/mol. The summed E-state index contributed by atoms with van der Waals surface area (Å²) in [6, 6.07) is 0. The van der Waals surface area contributed by atoms with Gasteiger partial charge in [-0.1, -0.05) is 38.0 Å². The second-order valence-electron chi connectivity index (χ2n) is 5.65. The van der Waals surface area contributed by atoms with Crippen LogP contribution in [0.25, 0.3) is 0 Å². The number of carboxylic acids is 2. The van der Waals surface area contributed by atoms with Gasteiger partial charge in [0.2, 0.25) is 0 Å². The molecule has 2 N–H and O–H groups in total. The Labute approximate surface area is 171 Å². The fourth-order valence-corrected chi connectivity index (χ4v) is 3.12. The minimum atomic E-state index is -0.981. The molecule has 142 valence electrons. The van der Waals surface area contributed by atoms with Crippen molar-refractivity contribution < 1.29 is 46.6 Å². The molecule has 0 spiro atoms. The van der Waals surface area contributed by atoms with Crippen LogP contribution in [0, 0.1) is 6.42 Å². The van der Waals surface area contributed by atoms with Crippen LogP contribution in [0.4, 0.5) is 0 Å². The van der Waals surface area contributed by atoms with Crippen LogP contribution in [0.15, 0.2) is 47.6 Å². The van der Waals surface area contributed by atoms with Crippen molar-refractivity contribution in [2.75, 3.05) is 7.11 Å². The summed E-state index contributed by atoms with van der Waals surface area (Å²) < 4.78 is 0. The summed E-state index contributed by atoms with van der Waals surface area (Å²) in [5.41, 5.74) is 7.06. The summed E-state index contributed by atoms with van der Waals surface area (Å²) >= 11 is 0. The van der Waals surface area contributed by atoms with Gasteiger partial charge in [-0.25, -0.2) is 21.6 Å². The molecule has 3 rings (SSSR count). The molecule has 0 aliphatic heterocycles. The van der Waals surface area contributed by atoms with Crippen LogP contribution in [-0.4, -0.2) is 29.3 Å². The largest absolute Gasteiger partial charge is 2.00 e. The smallest absolute Gasteiger partial charge is 0.857 e. The minimum absolute atomic E-state index is 0. The Morgan fingerprint density at radius 3 is 1.92 bits per heavy atom. The normalized spacial score (nSPS) is 16.2. The minimum Gasteiger partial charge on any atom is -0.857 e. The molecule has 0 atom stereocenters. The predicted octanol–water partition coefficient (Wildman–Crippen LogP) is 3.43. The maximum Gasteiger partial charge on any atom is 2.00 e. The van der Waals surface area contributed by atoms with E-state index in [1.807, 2.05) is 0 Å². The first-order chi connectivity index (χ1) is 12.0. The molecule has 0 aromatic rings. The molecule has 6 heteroatoms. The van der Waals surface area contributed by atoms with E-state index in [0.717, 1.165) is 19.3 Å². The number of carbonyl (C=O) groups is 2. The number of hydrogen-bond acceptors (Lipinski definition) is 3. The summed E-state index contributed by atoms with van der Waals surface area (Å²) in [4.78, 5) is 18.5. The number of hydrogen-bond donors (Lipinski definition) is 2. The van der Waals surface area contributed by atoms with Crippen LogP contribution < -0.4 is 5.11 Å². The molecule has 0 amide bonds. The van der Waals surface area contributed by atoms with Crippen molar-refractivity contribution in [3.05, 3.63) is 54.0 Å². The molecule has 0 heterocycles. The number of aliphatic carboxylic acids is 2. The average Bonchev–Trinajstić information content (AvgIpc) is 3.03. The maximum atomic E-state index is 9.25. The van der Waals surface area contributed by atoms with Gasteiger partial charge in [0.1, 0.15) is 0 Å². The molecule has 26 heavy (non-hydrogen) atoms. The van der Waals surface area contributed by atoms with Gasteiger partial charge in [0.15, 0.2) is 0 Å². The molecule has 0 aromatic carbocycles. The topological polar surface area (TPSA) is 97.7 Å². The standard InChI is InChI=1S/C13H17.2C3H4O2.CH3O.Ti/c1-3-7-12-10(5-1)9-11-6-2-4-8-13(11)12;2*1-2-3(4)5;1-2;/h5H,1-4,6-9H2;2*2H,1H2,(H,4,5);1H3;/q-1;;;-1;+2. The van der Waals surface area contributed by atoms with E-state index in [-0.39, 0.29) is 21.7 Å². The van der Waals surface area contributed by atoms with Gasteiger partial charge in [0.25, 0.3) is 0 Å². The van der Waals surface area contributed by atoms with Crippen LogP contribution >= 0.6 is 0 Å². The molecule has 0 saturated carbocycles. The van der Waals surface area contributed by atoms with E-state index >= 15 is 0 Å². The number of allylic oxidation sites excluding steroid dienone is 4. The molecule has 5 nitrogen and oxygen atoms in total. The second-order valence-corrected chi connectivity index (χ2v) is 5.65. The monoisotopic (exact) mass is 396 g/mol. The summed E-state index contributed by atoms with van der Waals surface area (Å²) in [5, 5.41) is 23.5. The quantitative estimate of drug-likeness (QED) is 0.423. The summed E-state index contributed by atoms with van der Waals surface area (Å²) in [6.45, 7) is 5.92. The van der Waals surface area contributed by atoms with E-state index in [9.17, 15) is 9.59 Å². The van der Waals surface area contributed by atoms with Gasteiger partial charge < -0.3 is 15.3 Å². The summed E-state index contributed by atoms with van der Waals surface area (Å²) in [7, 11) is 0.750. The summed E-state index contributed by atoms with van der Waals surface area (Å²) in [5.74, 6) is -1.96. The first-order valence-corrected chi connectivity index (χ1v) is 8.37. The Bertz CT molecular complexity index is 498. The van der Waals surface area contributed by atoms with Crippen LogP contribution in [0.1, 0.15) is 51.4 Å². The average molecular weight is 396 g/mol. The predicted molar refractivity (Wildman–Crippen MR) is 96.9 cm³/mol. The van der Waals surface area contributed by atoms with E-state index in [0.29, 0.717) is 0 Å². The molecule has 3 aliphatic carbocycles. The molecule has 0 unspecified atom stereocenters. The molecule has 0 bridgehead atoms. The molecular formula is C20H28O5Ti. The van der Waals surface area contributed by atoms with Crippen molar-refractivity contribution in [1.82, 2.24) is 0 Å². The van der Waals surface area contributed by atoms with E-state index in [2.05, 4.69) is 19.6 Å². The van der Waals surface area contributed by atoms with Gasteiger partial charge in [-0.3, -0.25) is 0 Å². The van der Waals surface area contributed by atoms with E-state index < -0.39 is 11.9 Å². The van der Waals surface area contributed by atoms with Gasteiger partial charge in [-0.05, 0) is 25.7 Å². The zero-order chi connectivity index (χ0) is 19.2. The first-order valence-electron chi connectivity index (χ1n) is 8.37. The Hall–Kier alpha value is -1.56. The van der Waals surface area contributed by atoms with Gasteiger partial charge in [0.05, 0.1) is 0 Å². The summed E-state index contributed by atoms with van der Waals surface area (Å²) in [6.07, 6.45) is 15.3. The van der Waals surface area contributed by atoms with Gasteiger partial charge in [-0.15, -0.1) is 12.0 Å². The van der Waals surface area contributed by atoms with Gasteiger partial charge >= 0.3 is 33.7 Å². The van der Waals surface area contributed by atoms with Crippen LogP contribution in [-0.2, 0) is 31.3 Å². The fourth-order valence-electron chi connectivity index (χ4n) is 3.12. The molecule has 3 aliphatic rings. The third kappa shape index (κ3) is 9.81. The van der Waals surface area contributed by atoms with Crippen molar-refractivity contribution in [1.29, 1.82) is 0 Å². The van der Waals surface area contributed by atoms with Gasteiger partial charge in [-0.2, -0.15) is 12.7 Å². The van der Waals surface area contributed by atoms with Crippen LogP contribution in [0.3, 0.4) is 0 Å². The van der Waals surface area contributed by atoms with E-state index in [1.54, 1.807) is 22.3 Å². The Morgan fingerprint density at radius 2 is 1.42 bits per heavy atom. The third-order valence-electron chi connectivity index (χ3n) is 4.11. The van der Waals surface area contributed by atoms with E-state index in [1.165, 1.54) is 51.4 Å². The van der Waals surface area contributed by atoms with Crippen molar-refractivity contribution in [3.63, 3.8) is 0 Å². The number of rotatable bonds is 2. The Morgan fingerprint density at radius 1 is 0.962 bits per heavy atom. The van der Waals surface area contributed by atoms with Crippen molar-refractivity contribution in [3.8, 4) is 0 Å². The van der Waals surface area contributed by atoms with Crippen molar-refractivity contribution in [2.45, 2.75) is 51.4 Å². The zero-order valence-corrected chi connectivity index (χ0v) is 17.0. The van der Waals surface area contributed by atoms with Crippen LogP contribution in [0.2, 0.25) is 0 Å². The zero-order valence-electron chi connectivity index (χ0n) is 15.4. The molecule has 0 saturated heterocycles. The Kier molecular flexibility index (Phi) is 16.1. The molecule has 0 fully saturated rings. The van der Waals surface area contributed by atoms with Crippen molar-refractivity contribution >= 4 is 11.9 Å². The first kappa shape index (κ1) is 26.7. The molecule has 0 radical (unpaired) electrons. The van der Waals surface area contributed by atoms with Crippen molar-refractivity contribution in [2.24, 2.45) is 0 Å². The van der Waals surface area contributed by atoms with Gasteiger partial charge in [0, 0.05) is 12.2 Å². The third-order valence-corrected chi connectivity index (χ3v) is 4.11. The number of carboxylic acid groups (broad SMARTS) is 2. The fraction of sp³-hybridized carbons (Fsp3) is 0.450. The maximum absolute atomic E-state index is 9.25. The SMILES string of the molecule is C=CC(=O)O.C=CC(=O)O.C[O-].[CH-]1CCCC2=C1CC1=C2CCCC1.[Ti+2]. The van der Waals surface area contributed by atoms with E-state index in [4.69, 9.17) is 15.3 Å². The Balaban J connectivity index is 0. The molecule has 0 aromatic heterocycles.